The van der Waals surface area contributed by atoms with E-state index < -0.39 is 127 Å². The zero-order valence-electron chi connectivity index (χ0n) is 68.8. The molecule has 3 aliphatic rings. The van der Waals surface area contributed by atoms with Crippen LogP contribution in [0.15, 0.2) is 43.7 Å². The smallest absolute Gasteiger partial charge is 0.384 e. The second-order valence-corrected chi connectivity index (χ2v) is 41.9. The fourth-order valence-electron chi connectivity index (χ4n) is 8.25. The van der Waals surface area contributed by atoms with Crippen molar-refractivity contribution in [2.75, 3.05) is 94.5 Å². The molecule has 5 heterocycles. The first kappa shape index (κ1) is 111. The van der Waals surface area contributed by atoms with Crippen molar-refractivity contribution in [3.8, 4) is 0 Å². The van der Waals surface area contributed by atoms with Gasteiger partial charge in [0.1, 0.15) is 30.5 Å². The predicted molar refractivity (Wildman–Crippen MR) is 436 cm³/mol. The van der Waals surface area contributed by atoms with E-state index in [1.54, 1.807) is 83.1 Å². The summed E-state index contributed by atoms with van der Waals surface area (Å²) in [6.45, 7) is 42.0. The molecule has 0 saturated carbocycles. The number of methoxy groups -OCH3 is 1. The number of aliphatic hydroxyl groups excluding tert-OH is 1. The number of ether oxygens (including phenoxy) is 5. The average molecular weight is 1830 g/mol. The number of phosphoric ester groups is 2. The minimum absolute atomic E-state index is 0. The summed E-state index contributed by atoms with van der Waals surface area (Å²) in [4.78, 5) is 124. The van der Waals surface area contributed by atoms with E-state index in [0.717, 1.165) is 95.9 Å². The molecule has 5 rings (SSSR count). The molecule has 3 saturated heterocycles. The molecule has 0 bridgehead atoms. The maximum atomic E-state index is 16.6. The Morgan fingerprint density at radius 1 is 0.513 bits per heavy atom. The van der Waals surface area contributed by atoms with Gasteiger partial charge in [0.15, 0.2) is 58.3 Å². The van der Waals surface area contributed by atoms with Gasteiger partial charge in [0.25, 0.3) is 29.3 Å². The molecule has 0 radical (unpaired) electrons. The van der Waals surface area contributed by atoms with E-state index in [2.05, 4.69) is 18.8 Å². The summed E-state index contributed by atoms with van der Waals surface area (Å²) in [6.07, 6.45) is -3.12. The van der Waals surface area contributed by atoms with Crippen LogP contribution in [-0.4, -0.2) is 196 Å². The number of carbonyl (C=O) groups excluding carboxylic acids is 6. The van der Waals surface area contributed by atoms with Gasteiger partial charge in [-0.15, -0.1) is 0 Å². The Morgan fingerprint density at radius 2 is 0.788 bits per heavy atom. The van der Waals surface area contributed by atoms with Crippen molar-refractivity contribution in [1.82, 2.24) is 19.1 Å². The molecule has 31 nitrogen and oxygen atoms in total. The molecule has 2 aromatic heterocycles. The van der Waals surface area contributed by atoms with Gasteiger partial charge in [-0.2, -0.15) is 12.8 Å². The number of alkyl halides is 2. The van der Waals surface area contributed by atoms with Crippen LogP contribution in [0.1, 0.15) is 178 Å². The number of carbonyl (C=O) groups is 6. The quantitative estimate of drug-likeness (QED) is 0.0223. The summed E-state index contributed by atoms with van der Waals surface area (Å²) >= 11 is 6.37. The molecule has 0 aromatic carbocycles. The van der Waals surface area contributed by atoms with Gasteiger partial charge >= 0.3 is 43.5 Å². The summed E-state index contributed by atoms with van der Waals surface area (Å²) < 4.78 is 131. The second-order valence-electron chi connectivity index (χ2n) is 31.4. The van der Waals surface area contributed by atoms with Gasteiger partial charge in [0, 0.05) is 98.6 Å². The molecule has 4 N–H and O–H groups in total. The Bertz CT molecular complexity index is 3560. The predicted octanol–water partition coefficient (Wildman–Crippen LogP) is 12.8. The third-order valence-corrected chi connectivity index (χ3v) is 25.2. The zero-order valence-corrected chi connectivity index (χ0v) is 77.5. The number of halogens is 2. The molecule has 9 atom stereocenters. The van der Waals surface area contributed by atoms with Crippen molar-refractivity contribution >= 4 is 126 Å². The number of H-pyrrole nitrogens is 2. The molecule has 2 aromatic rings. The Balaban J connectivity index is 0.00000168. The van der Waals surface area contributed by atoms with Crippen LogP contribution in [0.2, 0.25) is 0 Å². The Morgan fingerprint density at radius 3 is 1.07 bits per heavy atom. The first-order valence-electron chi connectivity index (χ1n) is 35.5. The van der Waals surface area contributed by atoms with Gasteiger partial charge in [0.05, 0.1) is 39.6 Å². The van der Waals surface area contributed by atoms with Crippen LogP contribution < -0.4 is 22.5 Å². The number of rotatable bonds is 33. The van der Waals surface area contributed by atoms with Gasteiger partial charge in [-0.3, -0.25) is 84.6 Å². The number of nitrogens with one attached hydrogen (secondary N) is 2. The van der Waals surface area contributed by atoms with Gasteiger partial charge < -0.3 is 56.8 Å². The van der Waals surface area contributed by atoms with Crippen LogP contribution in [0.25, 0.3) is 0 Å². The van der Waals surface area contributed by atoms with Crippen molar-refractivity contribution in [1.29, 1.82) is 0 Å². The van der Waals surface area contributed by atoms with E-state index in [-0.39, 0.29) is 116 Å². The molecular formula is C70H119F2N4NiO27P3S6. The van der Waals surface area contributed by atoms with Crippen molar-refractivity contribution in [2.24, 2.45) is 32.5 Å². The van der Waals surface area contributed by atoms with Gasteiger partial charge in [-0.25, -0.2) is 27.5 Å². The van der Waals surface area contributed by atoms with Crippen LogP contribution in [0.3, 0.4) is 0 Å². The standard InChI is InChI=1S/C26H40FN2O12PS2.C24H38FN2O11PS2.C14H27O4PS2.2C3H7.Ni/c1-23(2,3)19(31)43-13-11-36-42(34,37-12-14-44-20(32)24(4,5)6)38-15-26(27)17-25(7,41-22(35-8)39-17)18(40-26)29-10-9-16(30)28-21(29)33;1-21(2,3)18(30)40-12-10-35-39(34,36-11-13-41-19(31)22(4,5)6)37-14-24(25)16(29)23(7,33)17(38-24)27-9-8-15(28)26-20(27)32;1-13(2,3)11(15)20-9-7-17-19-18-8-10-21-12(16)14(4,5)6;2*1-3-2;/h9-10,17-18,22H,11-15H2,1-8H3,(H,28,30,33);8-9,16-17,29,33H,10-14H2,1-7H3,(H,26,28,32);19H,7-10H2,1-6H3;2*1,3H2,2H3;/q;;;2*-1;+2/t17-,18+,22?,25+,26+;16-,17+,23+,24+;;;;/m00..../s1. The molecule has 656 valence electrons. The number of thioether (sulfide) groups is 6. The SMILES string of the molecule is CC(C)(C)C(=O)SCCOP(=O)(OCCSC(=O)C(C)(C)C)OC[C@@]1(F)O[C@@H](n2ccc(=O)[nH]c2=O)[C@](C)(O)[C@@H]1O.CC(C)(C)C(=O)SCCOPOCCSC(=O)C(C)(C)C.COC1O[C@H]2[C@@](C)(O1)[C@H](n1ccc(=O)[nH]c1=O)O[C@]2(F)COP(=O)(OCCSC(=O)C(C)(C)C)OCCSC(=O)C(C)(C)C.[CH2-]CC.[CH2-]CC.[Ni+2]. The molecular weight excluding hydrogens is 1710 g/mol. The molecule has 43 heteroatoms. The molecule has 3 fully saturated rings. The van der Waals surface area contributed by atoms with Crippen LogP contribution >= 0.6 is 95.3 Å². The van der Waals surface area contributed by atoms with E-state index in [1.165, 1.54) is 37.6 Å². The van der Waals surface area contributed by atoms with Crippen LogP contribution in [0, 0.1) is 46.3 Å². The maximum absolute atomic E-state index is 16.6. The minimum Gasteiger partial charge on any atom is -0.384 e. The molecule has 3 aliphatic heterocycles. The normalized spacial score (nSPS) is 22.5. The Kier molecular flexibility index (Phi) is 48.5. The fourth-order valence-corrected chi connectivity index (χ4v) is 16.6. The third-order valence-electron chi connectivity index (χ3n) is 14.2. The van der Waals surface area contributed by atoms with Crippen LogP contribution in [0.4, 0.5) is 8.78 Å². The van der Waals surface area contributed by atoms with E-state index in [1.807, 2.05) is 60.4 Å². The van der Waals surface area contributed by atoms with Crippen LogP contribution in [0.5, 0.6) is 0 Å². The number of aliphatic hydroxyl groups is 2. The second kappa shape index (κ2) is 49.3. The van der Waals surface area contributed by atoms with Gasteiger partial charge in [-0.1, -0.05) is 209 Å². The summed E-state index contributed by atoms with van der Waals surface area (Å²) in [5.41, 5.74) is -10.6. The van der Waals surface area contributed by atoms with Crippen molar-refractivity contribution in [2.45, 2.75) is 219 Å². The van der Waals surface area contributed by atoms with Crippen molar-refractivity contribution in [3.05, 3.63) is 80.1 Å². The van der Waals surface area contributed by atoms with E-state index in [4.69, 9.17) is 59.9 Å². The largest absolute Gasteiger partial charge is 2.00 e. The number of hydrogen-bond acceptors (Lipinski definition) is 33. The zero-order chi connectivity index (χ0) is 86.5. The third kappa shape index (κ3) is 38.4. The summed E-state index contributed by atoms with van der Waals surface area (Å²) in [5, 5.41) is 21.2. The maximum Gasteiger partial charge on any atom is 2.00 e. The molecule has 113 heavy (non-hydrogen) atoms. The first-order valence-corrected chi connectivity index (χ1v) is 45.2. The molecule has 0 aliphatic carbocycles. The molecule has 0 amide bonds. The summed E-state index contributed by atoms with van der Waals surface area (Å²) in [7, 11) is -7.87. The molecule has 0 spiro atoms. The fraction of sp³-hybridized carbons (Fsp3) is 0.771. The number of nitrogens with zero attached hydrogens (tertiary/aromatic N) is 2. The number of phosphoric acid groups is 2. The van der Waals surface area contributed by atoms with Gasteiger partial charge in [0.2, 0.25) is 0 Å². The van der Waals surface area contributed by atoms with E-state index in [0.29, 0.717) is 29.3 Å². The monoisotopic (exact) mass is 1830 g/mol. The van der Waals surface area contributed by atoms with Crippen LogP contribution in [-0.2, 0) is 114 Å². The first-order chi connectivity index (χ1) is 51.2. The number of aromatic amines is 2. The van der Waals surface area contributed by atoms with Gasteiger partial charge in [-0.05, 0) is 13.8 Å². The number of fused-ring (bicyclic) bond motifs is 1. The summed E-state index contributed by atoms with van der Waals surface area (Å²) in [6, 6.07) is 1.98. The average Bonchev–Trinajstić information content (AvgIpc) is 1.56. The van der Waals surface area contributed by atoms with Crippen molar-refractivity contribution < 1.29 is 133 Å². The Labute approximate surface area is 699 Å². The Hall–Kier alpha value is -1.88. The topological polar surface area (TPSA) is 407 Å². The number of aromatic nitrogens is 4. The van der Waals surface area contributed by atoms with E-state index in [9.17, 15) is 67.3 Å². The van der Waals surface area contributed by atoms with E-state index >= 15 is 8.78 Å². The van der Waals surface area contributed by atoms with Crippen molar-refractivity contribution in [3.63, 3.8) is 0 Å². The molecule has 1 unspecified atom stereocenters. The number of hydrogen-bond donors (Lipinski definition) is 4. The minimum atomic E-state index is -4.57. The summed E-state index contributed by atoms with van der Waals surface area (Å²) in [5.74, 6) is -4.48.